The van der Waals surface area contributed by atoms with Gasteiger partial charge in [0.2, 0.25) is 0 Å². The number of rotatable bonds is 2. The molecular formula is C14H28O. The summed E-state index contributed by atoms with van der Waals surface area (Å²) in [5.74, 6) is 2.04. The summed E-state index contributed by atoms with van der Waals surface area (Å²) in [5.41, 5.74) is 0.319. The van der Waals surface area contributed by atoms with Gasteiger partial charge in [0.05, 0.1) is 12.2 Å². The van der Waals surface area contributed by atoms with E-state index >= 15 is 0 Å². The number of hydrogen-bond acceptors (Lipinski definition) is 1. The third-order valence-corrected chi connectivity index (χ3v) is 4.66. The lowest BCUT2D eigenvalue weighted by molar-refractivity contribution is -0.186. The van der Waals surface area contributed by atoms with Gasteiger partial charge in [-0.2, -0.15) is 0 Å². The van der Waals surface area contributed by atoms with Crippen LogP contribution in [0.4, 0.5) is 0 Å². The van der Waals surface area contributed by atoms with Crippen LogP contribution in [0, 0.1) is 23.2 Å². The van der Waals surface area contributed by atoms with Crippen molar-refractivity contribution in [2.45, 2.75) is 67.1 Å². The molecule has 15 heavy (non-hydrogen) atoms. The first kappa shape index (κ1) is 13.0. The molecule has 0 amide bonds. The Bertz CT molecular complexity index is 201. The van der Waals surface area contributed by atoms with Crippen molar-refractivity contribution in [1.29, 1.82) is 0 Å². The van der Waals surface area contributed by atoms with Crippen LogP contribution in [-0.4, -0.2) is 12.2 Å². The standard InChI is InChI=1S/C14H28O/c1-8-12-14(6,7)11(5)10(4)13(15-12)9(2)3/h9-13H,8H2,1-7H3/t10-,11?,12?,13+/m1/s1. The molecule has 1 rings (SSSR count). The average Bonchev–Trinajstić information content (AvgIpc) is 2.14. The molecule has 1 saturated heterocycles. The van der Waals surface area contributed by atoms with Crippen molar-refractivity contribution in [3.05, 3.63) is 0 Å². The minimum absolute atomic E-state index is 0.319. The Kier molecular flexibility index (Phi) is 3.86. The maximum Gasteiger partial charge on any atom is 0.0630 e. The van der Waals surface area contributed by atoms with E-state index in [1.807, 2.05) is 0 Å². The van der Waals surface area contributed by atoms with Crippen molar-refractivity contribution in [1.82, 2.24) is 0 Å². The van der Waals surface area contributed by atoms with Gasteiger partial charge >= 0.3 is 0 Å². The van der Waals surface area contributed by atoms with E-state index in [0.29, 0.717) is 29.5 Å². The van der Waals surface area contributed by atoms with Crippen LogP contribution in [0.1, 0.15) is 54.9 Å². The summed E-state index contributed by atoms with van der Waals surface area (Å²) in [6.45, 7) is 16.3. The fraction of sp³-hybridized carbons (Fsp3) is 1.00. The first-order valence-electron chi connectivity index (χ1n) is 6.47. The van der Waals surface area contributed by atoms with Crippen molar-refractivity contribution in [2.75, 3.05) is 0 Å². The Labute approximate surface area is 95.6 Å². The molecule has 1 fully saturated rings. The van der Waals surface area contributed by atoms with Gasteiger partial charge in [0.25, 0.3) is 0 Å². The van der Waals surface area contributed by atoms with Crippen molar-refractivity contribution in [2.24, 2.45) is 23.2 Å². The smallest absolute Gasteiger partial charge is 0.0630 e. The van der Waals surface area contributed by atoms with Gasteiger partial charge in [0, 0.05) is 0 Å². The molecule has 1 aliphatic heterocycles. The van der Waals surface area contributed by atoms with Crippen LogP contribution < -0.4 is 0 Å². The van der Waals surface area contributed by atoms with E-state index in [1.165, 1.54) is 0 Å². The largest absolute Gasteiger partial charge is 0.374 e. The van der Waals surface area contributed by atoms with E-state index < -0.39 is 0 Å². The van der Waals surface area contributed by atoms with E-state index in [2.05, 4.69) is 48.5 Å². The molecule has 0 spiro atoms. The van der Waals surface area contributed by atoms with E-state index in [9.17, 15) is 0 Å². The summed E-state index contributed by atoms with van der Waals surface area (Å²) in [6.07, 6.45) is 2.00. The molecule has 0 saturated carbocycles. The van der Waals surface area contributed by atoms with Crippen molar-refractivity contribution < 1.29 is 4.74 Å². The topological polar surface area (TPSA) is 9.23 Å². The third kappa shape index (κ3) is 2.22. The minimum atomic E-state index is 0.319. The molecule has 1 aliphatic rings. The number of hydrogen-bond donors (Lipinski definition) is 0. The molecule has 0 N–H and O–H groups in total. The Morgan fingerprint density at radius 2 is 1.73 bits per heavy atom. The van der Waals surface area contributed by atoms with E-state index in [-0.39, 0.29) is 0 Å². The van der Waals surface area contributed by atoms with Crippen LogP contribution in [-0.2, 0) is 4.74 Å². The summed E-state index contributed by atoms with van der Waals surface area (Å²) in [7, 11) is 0. The Hall–Kier alpha value is -0.0400. The lowest BCUT2D eigenvalue weighted by Gasteiger charge is -2.51. The fourth-order valence-electron chi connectivity index (χ4n) is 3.13. The zero-order valence-corrected chi connectivity index (χ0v) is 11.5. The second kappa shape index (κ2) is 4.45. The Morgan fingerprint density at radius 3 is 2.13 bits per heavy atom. The molecule has 0 aromatic carbocycles. The predicted molar refractivity (Wildman–Crippen MR) is 65.9 cm³/mol. The maximum absolute atomic E-state index is 6.29. The third-order valence-electron chi connectivity index (χ3n) is 4.66. The van der Waals surface area contributed by atoms with Crippen LogP contribution in [0.15, 0.2) is 0 Å². The maximum atomic E-state index is 6.29. The molecule has 4 atom stereocenters. The quantitative estimate of drug-likeness (QED) is 0.669. The highest BCUT2D eigenvalue weighted by Crippen LogP contribution is 2.46. The van der Waals surface area contributed by atoms with E-state index in [0.717, 1.165) is 12.3 Å². The minimum Gasteiger partial charge on any atom is -0.374 e. The average molecular weight is 212 g/mol. The van der Waals surface area contributed by atoms with Gasteiger partial charge in [-0.05, 0) is 29.6 Å². The number of ether oxygens (including phenoxy) is 1. The molecule has 2 unspecified atom stereocenters. The van der Waals surface area contributed by atoms with Gasteiger partial charge in [-0.3, -0.25) is 0 Å². The van der Waals surface area contributed by atoms with Gasteiger partial charge in [-0.25, -0.2) is 0 Å². The zero-order chi connectivity index (χ0) is 11.8. The highest BCUT2D eigenvalue weighted by atomic mass is 16.5. The monoisotopic (exact) mass is 212 g/mol. The van der Waals surface area contributed by atoms with Crippen LogP contribution >= 0.6 is 0 Å². The first-order valence-corrected chi connectivity index (χ1v) is 6.47. The van der Waals surface area contributed by atoms with Crippen molar-refractivity contribution in [3.8, 4) is 0 Å². The van der Waals surface area contributed by atoms with Crippen LogP contribution in [0.25, 0.3) is 0 Å². The highest BCUT2D eigenvalue weighted by Gasteiger charge is 2.46. The predicted octanol–water partition coefficient (Wildman–Crippen LogP) is 4.12. The van der Waals surface area contributed by atoms with Crippen molar-refractivity contribution in [3.63, 3.8) is 0 Å². The molecule has 90 valence electrons. The Morgan fingerprint density at radius 1 is 1.20 bits per heavy atom. The second-order valence-electron chi connectivity index (χ2n) is 6.21. The molecule has 1 heteroatoms. The lowest BCUT2D eigenvalue weighted by Crippen LogP contribution is -2.52. The molecule has 0 radical (unpaired) electrons. The van der Waals surface area contributed by atoms with Gasteiger partial charge in [-0.1, -0.05) is 48.5 Å². The summed E-state index contributed by atoms with van der Waals surface area (Å²) in [6, 6.07) is 0. The summed E-state index contributed by atoms with van der Waals surface area (Å²) in [4.78, 5) is 0. The molecule has 0 aromatic heterocycles. The molecular weight excluding hydrogens is 184 g/mol. The molecule has 0 aromatic rings. The Balaban J connectivity index is 2.88. The normalized spacial score (nSPS) is 40.8. The zero-order valence-electron chi connectivity index (χ0n) is 11.5. The van der Waals surface area contributed by atoms with Gasteiger partial charge in [0.1, 0.15) is 0 Å². The van der Waals surface area contributed by atoms with E-state index in [1.54, 1.807) is 0 Å². The van der Waals surface area contributed by atoms with Gasteiger partial charge < -0.3 is 4.74 Å². The molecule has 0 aliphatic carbocycles. The first-order chi connectivity index (χ1) is 6.82. The molecule has 0 bridgehead atoms. The van der Waals surface area contributed by atoms with Crippen molar-refractivity contribution >= 4 is 0 Å². The van der Waals surface area contributed by atoms with Crippen LogP contribution in [0.3, 0.4) is 0 Å². The summed E-state index contributed by atoms with van der Waals surface area (Å²) in [5, 5.41) is 0. The summed E-state index contributed by atoms with van der Waals surface area (Å²) < 4.78 is 6.29. The van der Waals surface area contributed by atoms with Crippen LogP contribution in [0.5, 0.6) is 0 Å². The van der Waals surface area contributed by atoms with E-state index in [4.69, 9.17) is 4.74 Å². The second-order valence-corrected chi connectivity index (χ2v) is 6.21. The van der Waals surface area contributed by atoms with Gasteiger partial charge in [0.15, 0.2) is 0 Å². The lowest BCUT2D eigenvalue weighted by atomic mass is 9.64. The highest BCUT2D eigenvalue weighted by molar-refractivity contribution is 4.94. The van der Waals surface area contributed by atoms with Gasteiger partial charge in [-0.15, -0.1) is 0 Å². The fourth-order valence-corrected chi connectivity index (χ4v) is 3.13. The summed E-state index contributed by atoms with van der Waals surface area (Å²) >= 11 is 0. The SMILES string of the molecule is CCC1O[C@@H](C(C)C)[C@H](C)C(C)C1(C)C. The molecule has 1 heterocycles. The van der Waals surface area contributed by atoms with Crippen LogP contribution in [0.2, 0.25) is 0 Å². The molecule has 1 nitrogen and oxygen atoms in total.